The van der Waals surface area contributed by atoms with Crippen LogP contribution in [0.25, 0.3) is 0 Å². The SMILES string of the molecule is CCCc1ccc(C(CN(C)C(CC)CC)NCC)cc1. The molecule has 1 unspecified atom stereocenters. The van der Waals surface area contributed by atoms with Crippen molar-refractivity contribution >= 4 is 0 Å². The third kappa shape index (κ3) is 5.80. The lowest BCUT2D eigenvalue weighted by atomic mass is 10.0. The van der Waals surface area contributed by atoms with E-state index in [9.17, 15) is 0 Å². The molecule has 1 rings (SSSR count). The molecule has 2 heteroatoms. The van der Waals surface area contributed by atoms with Crippen LogP contribution in [0.5, 0.6) is 0 Å². The van der Waals surface area contributed by atoms with E-state index in [0.29, 0.717) is 12.1 Å². The summed E-state index contributed by atoms with van der Waals surface area (Å²) < 4.78 is 0. The second-order valence-electron chi connectivity index (χ2n) is 6.01. The average molecular weight is 290 g/mol. The fourth-order valence-electron chi connectivity index (χ4n) is 3.09. The van der Waals surface area contributed by atoms with Crippen LogP contribution < -0.4 is 5.32 Å². The summed E-state index contributed by atoms with van der Waals surface area (Å²) in [6, 6.07) is 10.3. The van der Waals surface area contributed by atoms with E-state index in [1.165, 1.54) is 36.8 Å². The van der Waals surface area contributed by atoms with E-state index in [0.717, 1.165) is 13.1 Å². The Labute approximate surface area is 131 Å². The number of likely N-dealkylation sites (N-methyl/N-ethyl adjacent to an activating group) is 2. The molecule has 0 aliphatic heterocycles. The Balaban J connectivity index is 2.75. The highest BCUT2D eigenvalue weighted by atomic mass is 15.1. The van der Waals surface area contributed by atoms with Crippen molar-refractivity contribution in [3.8, 4) is 0 Å². The molecule has 1 atom stereocenters. The Hall–Kier alpha value is -0.860. The van der Waals surface area contributed by atoms with Crippen LogP contribution in [0.1, 0.15) is 64.1 Å². The lowest BCUT2D eigenvalue weighted by molar-refractivity contribution is 0.206. The second kappa shape index (κ2) is 9.97. The minimum Gasteiger partial charge on any atom is -0.309 e. The highest BCUT2D eigenvalue weighted by molar-refractivity contribution is 5.25. The quantitative estimate of drug-likeness (QED) is 0.686. The third-order valence-electron chi connectivity index (χ3n) is 4.41. The summed E-state index contributed by atoms with van der Waals surface area (Å²) in [6.45, 7) is 11.1. The molecule has 2 nitrogen and oxygen atoms in total. The maximum atomic E-state index is 3.64. The summed E-state index contributed by atoms with van der Waals surface area (Å²) in [4.78, 5) is 2.51. The summed E-state index contributed by atoms with van der Waals surface area (Å²) in [5.41, 5.74) is 2.86. The first-order valence-electron chi connectivity index (χ1n) is 8.68. The average Bonchev–Trinajstić information content (AvgIpc) is 2.49. The zero-order valence-corrected chi connectivity index (χ0v) is 14.7. The van der Waals surface area contributed by atoms with Crippen LogP contribution in [0, 0.1) is 0 Å². The van der Waals surface area contributed by atoms with Crippen molar-refractivity contribution in [1.29, 1.82) is 0 Å². The number of hydrogen-bond acceptors (Lipinski definition) is 2. The highest BCUT2D eigenvalue weighted by Crippen LogP contribution is 2.18. The van der Waals surface area contributed by atoms with Gasteiger partial charge in [0.05, 0.1) is 0 Å². The summed E-state index contributed by atoms with van der Waals surface area (Å²) in [7, 11) is 2.26. The maximum Gasteiger partial charge on any atom is 0.0449 e. The predicted octanol–water partition coefficient (Wildman–Crippen LogP) is 4.41. The van der Waals surface area contributed by atoms with Crippen LogP contribution in [0.4, 0.5) is 0 Å². The van der Waals surface area contributed by atoms with Gasteiger partial charge in [0.15, 0.2) is 0 Å². The van der Waals surface area contributed by atoms with E-state index in [1.54, 1.807) is 0 Å². The number of hydrogen-bond donors (Lipinski definition) is 1. The van der Waals surface area contributed by atoms with Gasteiger partial charge in [-0.1, -0.05) is 58.4 Å². The van der Waals surface area contributed by atoms with Gasteiger partial charge >= 0.3 is 0 Å². The Morgan fingerprint density at radius 1 is 1.00 bits per heavy atom. The van der Waals surface area contributed by atoms with Crippen LogP contribution in [0.2, 0.25) is 0 Å². The summed E-state index contributed by atoms with van der Waals surface area (Å²) in [6.07, 6.45) is 4.84. The standard InChI is InChI=1S/C19H34N2/c1-6-10-16-11-13-17(14-12-16)19(20-9-4)15-21(5)18(7-2)8-3/h11-14,18-20H,6-10,15H2,1-5H3. The normalized spacial score (nSPS) is 13.1. The van der Waals surface area contributed by atoms with E-state index < -0.39 is 0 Å². The van der Waals surface area contributed by atoms with Gasteiger partial charge in [-0.15, -0.1) is 0 Å². The van der Waals surface area contributed by atoms with Crippen molar-refractivity contribution < 1.29 is 0 Å². The smallest absolute Gasteiger partial charge is 0.0449 e. The molecule has 0 aromatic heterocycles. The molecule has 0 spiro atoms. The van der Waals surface area contributed by atoms with Crippen LogP contribution in [0.3, 0.4) is 0 Å². The van der Waals surface area contributed by atoms with Crippen molar-refractivity contribution in [2.45, 2.75) is 65.5 Å². The molecule has 0 aliphatic carbocycles. The van der Waals surface area contributed by atoms with E-state index in [-0.39, 0.29) is 0 Å². The first-order chi connectivity index (χ1) is 10.2. The highest BCUT2D eigenvalue weighted by Gasteiger charge is 2.17. The van der Waals surface area contributed by atoms with Gasteiger partial charge in [0.1, 0.15) is 0 Å². The molecule has 0 saturated heterocycles. The predicted molar refractivity (Wildman–Crippen MR) is 93.9 cm³/mol. The largest absolute Gasteiger partial charge is 0.309 e. The van der Waals surface area contributed by atoms with Crippen LogP contribution >= 0.6 is 0 Å². The number of nitrogens with zero attached hydrogens (tertiary/aromatic N) is 1. The molecule has 0 saturated carbocycles. The number of aryl methyl sites for hydroxylation is 1. The van der Waals surface area contributed by atoms with Crippen LogP contribution in [0.15, 0.2) is 24.3 Å². The number of benzene rings is 1. The van der Waals surface area contributed by atoms with E-state index >= 15 is 0 Å². The molecule has 0 heterocycles. The minimum absolute atomic E-state index is 0.427. The fourth-order valence-corrected chi connectivity index (χ4v) is 3.09. The maximum absolute atomic E-state index is 3.64. The summed E-state index contributed by atoms with van der Waals surface area (Å²) >= 11 is 0. The lowest BCUT2D eigenvalue weighted by Crippen LogP contribution is -2.38. The van der Waals surface area contributed by atoms with Gasteiger partial charge in [-0.3, -0.25) is 0 Å². The molecule has 0 aliphatic rings. The van der Waals surface area contributed by atoms with E-state index in [2.05, 4.69) is 69.2 Å². The first-order valence-corrected chi connectivity index (χ1v) is 8.68. The Morgan fingerprint density at radius 3 is 2.10 bits per heavy atom. The van der Waals surface area contributed by atoms with Crippen molar-refractivity contribution in [2.75, 3.05) is 20.1 Å². The Kier molecular flexibility index (Phi) is 8.63. The van der Waals surface area contributed by atoms with Crippen molar-refractivity contribution in [2.24, 2.45) is 0 Å². The molecular weight excluding hydrogens is 256 g/mol. The minimum atomic E-state index is 0.427. The van der Waals surface area contributed by atoms with Gasteiger partial charge in [0, 0.05) is 18.6 Å². The summed E-state index contributed by atoms with van der Waals surface area (Å²) in [5.74, 6) is 0. The molecule has 1 aromatic rings. The van der Waals surface area contributed by atoms with Crippen molar-refractivity contribution in [1.82, 2.24) is 10.2 Å². The zero-order valence-electron chi connectivity index (χ0n) is 14.7. The Morgan fingerprint density at radius 2 is 1.62 bits per heavy atom. The van der Waals surface area contributed by atoms with Gasteiger partial charge in [0.2, 0.25) is 0 Å². The van der Waals surface area contributed by atoms with Gasteiger partial charge in [-0.2, -0.15) is 0 Å². The van der Waals surface area contributed by atoms with Crippen LogP contribution in [-0.2, 0) is 6.42 Å². The molecular formula is C19H34N2. The van der Waals surface area contributed by atoms with Crippen molar-refractivity contribution in [3.63, 3.8) is 0 Å². The van der Waals surface area contributed by atoms with Crippen LogP contribution in [-0.4, -0.2) is 31.1 Å². The Bertz CT molecular complexity index is 368. The number of nitrogens with one attached hydrogen (secondary N) is 1. The van der Waals surface area contributed by atoms with Gasteiger partial charge < -0.3 is 10.2 Å². The first kappa shape index (κ1) is 18.2. The monoisotopic (exact) mass is 290 g/mol. The molecule has 0 fully saturated rings. The van der Waals surface area contributed by atoms with Gasteiger partial charge in [0.25, 0.3) is 0 Å². The third-order valence-corrected chi connectivity index (χ3v) is 4.41. The molecule has 0 bridgehead atoms. The molecule has 0 amide bonds. The molecule has 120 valence electrons. The molecule has 1 N–H and O–H groups in total. The lowest BCUT2D eigenvalue weighted by Gasteiger charge is -2.31. The van der Waals surface area contributed by atoms with E-state index in [4.69, 9.17) is 0 Å². The molecule has 21 heavy (non-hydrogen) atoms. The summed E-state index contributed by atoms with van der Waals surface area (Å²) in [5, 5.41) is 3.64. The topological polar surface area (TPSA) is 15.3 Å². The second-order valence-corrected chi connectivity index (χ2v) is 6.01. The molecule has 0 radical (unpaired) electrons. The van der Waals surface area contributed by atoms with Gasteiger partial charge in [-0.25, -0.2) is 0 Å². The van der Waals surface area contributed by atoms with Crippen molar-refractivity contribution in [3.05, 3.63) is 35.4 Å². The number of rotatable bonds is 10. The fraction of sp³-hybridized carbons (Fsp3) is 0.684. The molecule has 1 aromatic carbocycles. The zero-order chi connectivity index (χ0) is 15.7. The van der Waals surface area contributed by atoms with Gasteiger partial charge in [-0.05, 0) is 44.0 Å². The van der Waals surface area contributed by atoms with E-state index in [1.807, 2.05) is 0 Å².